The standard InChI is InChI=1S/C13H21N3O3/c1-9-12(13(17)15-14)7-11(19-9)8-16(5-6-18-2)10-3-4-10/h7,10H,3-6,8,14H2,1-2H3,(H,15,17). The summed E-state index contributed by atoms with van der Waals surface area (Å²) in [4.78, 5) is 13.8. The van der Waals surface area contributed by atoms with E-state index >= 15 is 0 Å². The average Bonchev–Trinajstić information content (AvgIpc) is 3.18. The van der Waals surface area contributed by atoms with Crippen LogP contribution in [0.1, 0.15) is 34.7 Å². The van der Waals surface area contributed by atoms with Gasteiger partial charge in [0, 0.05) is 19.7 Å². The minimum Gasteiger partial charge on any atom is -0.464 e. The first-order chi connectivity index (χ1) is 9.15. The van der Waals surface area contributed by atoms with Gasteiger partial charge in [-0.2, -0.15) is 0 Å². The van der Waals surface area contributed by atoms with Gasteiger partial charge in [-0.15, -0.1) is 0 Å². The van der Waals surface area contributed by atoms with Crippen molar-refractivity contribution in [2.24, 2.45) is 5.84 Å². The molecule has 0 saturated heterocycles. The van der Waals surface area contributed by atoms with Gasteiger partial charge < -0.3 is 9.15 Å². The van der Waals surface area contributed by atoms with Crippen LogP contribution in [0.25, 0.3) is 0 Å². The maximum absolute atomic E-state index is 11.5. The Labute approximate surface area is 112 Å². The molecule has 1 aromatic rings. The molecule has 0 unspecified atom stereocenters. The minimum atomic E-state index is -0.317. The molecule has 1 saturated carbocycles. The molecule has 3 N–H and O–H groups in total. The molecular weight excluding hydrogens is 246 g/mol. The molecule has 0 radical (unpaired) electrons. The van der Waals surface area contributed by atoms with Crippen molar-refractivity contribution in [3.8, 4) is 0 Å². The molecule has 1 aliphatic rings. The lowest BCUT2D eigenvalue weighted by atomic mass is 10.2. The Bertz CT molecular complexity index is 440. The average molecular weight is 267 g/mol. The SMILES string of the molecule is COCCN(Cc1cc(C(=O)NN)c(C)o1)C1CC1. The number of carbonyl (C=O) groups is 1. The first-order valence-corrected chi connectivity index (χ1v) is 6.49. The highest BCUT2D eigenvalue weighted by Crippen LogP contribution is 2.28. The number of hydrogen-bond acceptors (Lipinski definition) is 5. The van der Waals surface area contributed by atoms with Crippen molar-refractivity contribution in [2.45, 2.75) is 32.4 Å². The highest BCUT2D eigenvalue weighted by Gasteiger charge is 2.29. The van der Waals surface area contributed by atoms with Crippen LogP contribution in [0.3, 0.4) is 0 Å². The molecule has 106 valence electrons. The quantitative estimate of drug-likeness (QED) is 0.434. The van der Waals surface area contributed by atoms with Crippen LogP contribution in [0, 0.1) is 6.92 Å². The lowest BCUT2D eigenvalue weighted by molar-refractivity contribution is 0.0952. The maximum atomic E-state index is 11.5. The van der Waals surface area contributed by atoms with Crippen LogP contribution in [0.5, 0.6) is 0 Å². The number of nitrogens with one attached hydrogen (secondary N) is 1. The summed E-state index contributed by atoms with van der Waals surface area (Å²) in [5.41, 5.74) is 2.63. The van der Waals surface area contributed by atoms with Crippen molar-refractivity contribution >= 4 is 5.91 Å². The Morgan fingerprint density at radius 1 is 1.63 bits per heavy atom. The van der Waals surface area contributed by atoms with Gasteiger partial charge in [0.25, 0.3) is 5.91 Å². The molecule has 1 aliphatic carbocycles. The molecule has 0 atom stereocenters. The monoisotopic (exact) mass is 267 g/mol. The summed E-state index contributed by atoms with van der Waals surface area (Å²) in [6, 6.07) is 2.38. The molecule has 0 bridgehead atoms. The topological polar surface area (TPSA) is 80.7 Å². The van der Waals surface area contributed by atoms with Crippen molar-refractivity contribution in [1.82, 2.24) is 10.3 Å². The number of ether oxygens (including phenoxy) is 1. The van der Waals surface area contributed by atoms with Gasteiger partial charge in [-0.3, -0.25) is 15.1 Å². The lowest BCUT2D eigenvalue weighted by Crippen LogP contribution is -2.30. The van der Waals surface area contributed by atoms with Gasteiger partial charge in [0.1, 0.15) is 11.5 Å². The molecule has 1 aromatic heterocycles. The molecule has 2 rings (SSSR count). The van der Waals surface area contributed by atoms with Crippen molar-refractivity contribution in [3.63, 3.8) is 0 Å². The number of hydrazine groups is 1. The number of furan rings is 1. The summed E-state index contributed by atoms with van der Waals surface area (Å²) in [6.07, 6.45) is 2.44. The minimum absolute atomic E-state index is 0.317. The Morgan fingerprint density at radius 3 is 2.95 bits per heavy atom. The Morgan fingerprint density at radius 2 is 2.37 bits per heavy atom. The van der Waals surface area contributed by atoms with E-state index < -0.39 is 0 Å². The smallest absolute Gasteiger partial charge is 0.268 e. The molecule has 1 heterocycles. The first-order valence-electron chi connectivity index (χ1n) is 6.49. The van der Waals surface area contributed by atoms with E-state index in [2.05, 4.69) is 10.3 Å². The summed E-state index contributed by atoms with van der Waals surface area (Å²) in [5, 5.41) is 0. The Kier molecular flexibility index (Phi) is 4.57. The van der Waals surface area contributed by atoms with Crippen LogP contribution in [0.15, 0.2) is 10.5 Å². The summed E-state index contributed by atoms with van der Waals surface area (Å²) in [6.45, 7) is 4.04. The van der Waals surface area contributed by atoms with E-state index in [1.807, 2.05) is 0 Å². The summed E-state index contributed by atoms with van der Waals surface area (Å²) in [5.74, 6) is 6.21. The van der Waals surface area contributed by atoms with Crippen molar-refractivity contribution in [1.29, 1.82) is 0 Å². The summed E-state index contributed by atoms with van der Waals surface area (Å²) in [7, 11) is 1.70. The van der Waals surface area contributed by atoms with E-state index in [-0.39, 0.29) is 5.91 Å². The van der Waals surface area contributed by atoms with E-state index in [0.717, 1.165) is 12.3 Å². The van der Waals surface area contributed by atoms with Crippen molar-refractivity contribution < 1.29 is 13.9 Å². The Hall–Kier alpha value is -1.37. The number of nitrogens with zero attached hydrogens (tertiary/aromatic N) is 1. The highest BCUT2D eigenvalue weighted by molar-refractivity contribution is 5.94. The van der Waals surface area contributed by atoms with E-state index in [9.17, 15) is 4.79 Å². The van der Waals surface area contributed by atoms with Crippen molar-refractivity contribution in [3.05, 3.63) is 23.2 Å². The van der Waals surface area contributed by atoms with Gasteiger partial charge in [0.05, 0.1) is 18.7 Å². The van der Waals surface area contributed by atoms with E-state index in [1.165, 1.54) is 12.8 Å². The van der Waals surface area contributed by atoms with Gasteiger partial charge in [0.2, 0.25) is 0 Å². The zero-order valence-corrected chi connectivity index (χ0v) is 11.4. The van der Waals surface area contributed by atoms with Crippen LogP contribution >= 0.6 is 0 Å². The van der Waals surface area contributed by atoms with Crippen LogP contribution in [0.4, 0.5) is 0 Å². The van der Waals surface area contributed by atoms with Crippen molar-refractivity contribution in [2.75, 3.05) is 20.3 Å². The number of aryl methyl sites for hydroxylation is 1. The van der Waals surface area contributed by atoms with Crippen LogP contribution in [0.2, 0.25) is 0 Å². The fourth-order valence-electron chi connectivity index (χ4n) is 2.16. The first kappa shape index (κ1) is 14.0. The molecule has 0 spiro atoms. The maximum Gasteiger partial charge on any atom is 0.268 e. The van der Waals surface area contributed by atoms with Crippen LogP contribution < -0.4 is 11.3 Å². The third kappa shape index (κ3) is 3.56. The largest absolute Gasteiger partial charge is 0.464 e. The Balaban J connectivity index is 2.02. The molecule has 6 nitrogen and oxygen atoms in total. The van der Waals surface area contributed by atoms with E-state index in [4.69, 9.17) is 15.0 Å². The fourth-order valence-corrected chi connectivity index (χ4v) is 2.16. The molecule has 19 heavy (non-hydrogen) atoms. The summed E-state index contributed by atoms with van der Waals surface area (Å²) >= 11 is 0. The van der Waals surface area contributed by atoms with E-state index in [0.29, 0.717) is 30.5 Å². The number of nitrogens with two attached hydrogens (primary N) is 1. The van der Waals surface area contributed by atoms with Crippen LogP contribution in [-0.4, -0.2) is 37.1 Å². The zero-order valence-electron chi connectivity index (χ0n) is 11.4. The number of amides is 1. The van der Waals surface area contributed by atoms with Gasteiger partial charge in [-0.25, -0.2) is 5.84 Å². The number of carbonyl (C=O) groups excluding carboxylic acids is 1. The van der Waals surface area contributed by atoms with Gasteiger partial charge in [-0.1, -0.05) is 0 Å². The third-order valence-corrected chi connectivity index (χ3v) is 3.35. The second-order valence-electron chi connectivity index (χ2n) is 4.85. The van der Waals surface area contributed by atoms with Gasteiger partial charge >= 0.3 is 0 Å². The number of methoxy groups -OCH3 is 1. The highest BCUT2D eigenvalue weighted by atomic mass is 16.5. The third-order valence-electron chi connectivity index (χ3n) is 3.35. The van der Waals surface area contributed by atoms with E-state index in [1.54, 1.807) is 20.1 Å². The summed E-state index contributed by atoms with van der Waals surface area (Å²) < 4.78 is 10.7. The number of hydrogen-bond donors (Lipinski definition) is 2. The zero-order chi connectivity index (χ0) is 13.8. The van der Waals surface area contributed by atoms with Gasteiger partial charge in [-0.05, 0) is 25.8 Å². The molecule has 0 aromatic carbocycles. The van der Waals surface area contributed by atoms with Gasteiger partial charge in [0.15, 0.2) is 0 Å². The normalized spacial score (nSPS) is 14.9. The molecule has 1 fully saturated rings. The molecule has 1 amide bonds. The molecular formula is C13H21N3O3. The second kappa shape index (κ2) is 6.18. The predicted octanol–water partition coefficient (Wildman–Crippen LogP) is 0.802. The predicted molar refractivity (Wildman–Crippen MR) is 70.4 cm³/mol. The molecule has 0 aliphatic heterocycles. The fraction of sp³-hybridized carbons (Fsp3) is 0.615. The number of rotatable bonds is 7. The second-order valence-corrected chi connectivity index (χ2v) is 4.85. The number of nitrogen functional groups attached to an aromatic ring is 1. The lowest BCUT2D eigenvalue weighted by Gasteiger charge is -2.19. The van der Waals surface area contributed by atoms with Crippen LogP contribution in [-0.2, 0) is 11.3 Å². The molecule has 6 heteroatoms.